The predicted molar refractivity (Wildman–Crippen MR) is 124 cm³/mol. The smallest absolute Gasteiger partial charge is 0.308 e. The monoisotopic (exact) mass is 427 g/mol. The van der Waals surface area contributed by atoms with Crippen molar-refractivity contribution >= 4 is 28.2 Å². The van der Waals surface area contributed by atoms with Gasteiger partial charge in [0.25, 0.3) is 0 Å². The third-order valence-corrected chi connectivity index (χ3v) is 6.21. The van der Waals surface area contributed by atoms with E-state index in [0.29, 0.717) is 24.5 Å². The van der Waals surface area contributed by atoms with Gasteiger partial charge in [0.1, 0.15) is 5.78 Å². The molecule has 1 aliphatic carbocycles. The number of allylic oxidation sites excluding steroid dienone is 2. The molecular weight excluding hydrogens is 402 g/mol. The molecule has 0 saturated heterocycles. The summed E-state index contributed by atoms with van der Waals surface area (Å²) in [5, 5.41) is 5.80. The van der Waals surface area contributed by atoms with Gasteiger partial charge in [0.05, 0.1) is 12.5 Å². The highest BCUT2D eigenvalue weighted by Gasteiger charge is 2.41. The largest absolute Gasteiger partial charge is 0.490 e. The van der Waals surface area contributed by atoms with Crippen molar-refractivity contribution in [2.24, 2.45) is 5.92 Å². The van der Waals surface area contributed by atoms with Crippen LogP contribution in [0, 0.1) is 5.92 Å². The molecule has 5 heteroatoms. The second kappa shape index (κ2) is 8.15. The molecule has 0 bridgehead atoms. The van der Waals surface area contributed by atoms with Crippen molar-refractivity contribution in [1.29, 1.82) is 0 Å². The Kier molecular flexibility index (Phi) is 5.17. The molecular formula is C27H25NO4. The Morgan fingerprint density at radius 2 is 1.91 bits per heavy atom. The van der Waals surface area contributed by atoms with Crippen LogP contribution in [0.5, 0.6) is 11.5 Å². The predicted octanol–water partition coefficient (Wildman–Crippen LogP) is 5.58. The molecule has 1 N–H and O–H groups in total. The zero-order valence-electron chi connectivity index (χ0n) is 18.2. The highest BCUT2D eigenvalue weighted by atomic mass is 16.6. The molecule has 0 radical (unpaired) electrons. The molecule has 3 aromatic rings. The van der Waals surface area contributed by atoms with Crippen LogP contribution in [0.2, 0.25) is 0 Å². The summed E-state index contributed by atoms with van der Waals surface area (Å²) in [4.78, 5) is 24.8. The van der Waals surface area contributed by atoms with Crippen LogP contribution in [0.1, 0.15) is 43.7 Å². The van der Waals surface area contributed by atoms with E-state index in [9.17, 15) is 9.59 Å². The van der Waals surface area contributed by atoms with Gasteiger partial charge in [-0.3, -0.25) is 9.59 Å². The first kappa shape index (κ1) is 20.3. The van der Waals surface area contributed by atoms with Crippen molar-refractivity contribution in [1.82, 2.24) is 0 Å². The van der Waals surface area contributed by atoms with Crippen LogP contribution in [0.4, 0.5) is 5.69 Å². The van der Waals surface area contributed by atoms with Crippen molar-refractivity contribution in [3.05, 3.63) is 77.5 Å². The molecule has 0 unspecified atom stereocenters. The molecule has 0 aromatic heterocycles. The Morgan fingerprint density at radius 3 is 2.72 bits per heavy atom. The molecule has 3 aromatic carbocycles. The maximum atomic E-state index is 13.2. The van der Waals surface area contributed by atoms with Gasteiger partial charge in [-0.05, 0) is 53.4 Å². The number of nitrogens with one attached hydrogen (secondary N) is 1. The summed E-state index contributed by atoms with van der Waals surface area (Å²) in [5.74, 6) is 0.290. The van der Waals surface area contributed by atoms with E-state index < -0.39 is 5.97 Å². The summed E-state index contributed by atoms with van der Waals surface area (Å²) in [5.41, 5.74) is 4.07. The van der Waals surface area contributed by atoms with Crippen LogP contribution in [0.25, 0.3) is 10.8 Å². The summed E-state index contributed by atoms with van der Waals surface area (Å²) in [6.45, 7) is 3.70. The average molecular weight is 428 g/mol. The third-order valence-electron chi connectivity index (χ3n) is 6.21. The number of fused-ring (bicyclic) bond motifs is 4. The Labute approximate surface area is 187 Å². The first-order valence-corrected chi connectivity index (χ1v) is 11.0. The van der Waals surface area contributed by atoms with E-state index in [0.717, 1.165) is 39.7 Å². The van der Waals surface area contributed by atoms with Crippen LogP contribution in [-0.4, -0.2) is 18.4 Å². The second-order valence-corrected chi connectivity index (χ2v) is 8.23. The van der Waals surface area contributed by atoms with Gasteiger partial charge in [0.2, 0.25) is 0 Å². The molecule has 0 saturated carbocycles. The van der Waals surface area contributed by atoms with E-state index in [1.165, 1.54) is 6.92 Å². The fraction of sp³-hybridized carbons (Fsp3) is 0.259. The van der Waals surface area contributed by atoms with E-state index in [2.05, 4.69) is 35.7 Å². The van der Waals surface area contributed by atoms with E-state index in [1.54, 1.807) is 6.07 Å². The average Bonchev–Trinajstić information content (AvgIpc) is 2.79. The fourth-order valence-corrected chi connectivity index (χ4v) is 4.97. The van der Waals surface area contributed by atoms with Crippen LogP contribution >= 0.6 is 0 Å². The Balaban J connectivity index is 1.74. The number of ether oxygens (including phenoxy) is 2. The number of carbonyl (C=O) groups excluding carboxylic acids is 2. The molecule has 2 aliphatic rings. The quantitative estimate of drug-likeness (QED) is 0.435. The fourth-order valence-electron chi connectivity index (χ4n) is 4.97. The minimum Gasteiger partial charge on any atom is -0.490 e. The summed E-state index contributed by atoms with van der Waals surface area (Å²) in [7, 11) is 0. The maximum absolute atomic E-state index is 13.2. The van der Waals surface area contributed by atoms with Gasteiger partial charge >= 0.3 is 5.97 Å². The topological polar surface area (TPSA) is 64.6 Å². The summed E-state index contributed by atoms with van der Waals surface area (Å²) >= 11 is 0. The summed E-state index contributed by atoms with van der Waals surface area (Å²) in [6, 6.07) is 18.1. The van der Waals surface area contributed by atoms with Crippen molar-refractivity contribution in [2.45, 2.75) is 32.6 Å². The number of esters is 1. The number of rotatable bonds is 4. The van der Waals surface area contributed by atoms with Gasteiger partial charge in [0, 0.05) is 30.6 Å². The number of hydrogen-bond acceptors (Lipinski definition) is 5. The second-order valence-electron chi connectivity index (χ2n) is 8.23. The summed E-state index contributed by atoms with van der Waals surface area (Å²) < 4.78 is 11.2. The first-order chi connectivity index (χ1) is 15.6. The Bertz CT molecular complexity index is 1260. The Hall–Kier alpha value is -3.60. The molecule has 5 rings (SSSR count). The molecule has 1 aliphatic heterocycles. The summed E-state index contributed by atoms with van der Waals surface area (Å²) in [6.07, 6.45) is 3.44. The zero-order chi connectivity index (χ0) is 22.2. The highest BCUT2D eigenvalue weighted by Crippen LogP contribution is 2.50. The van der Waals surface area contributed by atoms with Gasteiger partial charge in [-0.25, -0.2) is 0 Å². The molecule has 162 valence electrons. The molecule has 1 heterocycles. The van der Waals surface area contributed by atoms with E-state index in [-0.39, 0.29) is 17.6 Å². The van der Waals surface area contributed by atoms with E-state index in [1.807, 2.05) is 31.2 Å². The van der Waals surface area contributed by atoms with Gasteiger partial charge in [-0.15, -0.1) is 0 Å². The molecule has 2 atom stereocenters. The van der Waals surface area contributed by atoms with Crippen molar-refractivity contribution in [3.63, 3.8) is 0 Å². The molecule has 5 nitrogen and oxygen atoms in total. The molecule has 0 spiro atoms. The van der Waals surface area contributed by atoms with Crippen molar-refractivity contribution in [3.8, 4) is 11.5 Å². The maximum Gasteiger partial charge on any atom is 0.308 e. The lowest BCUT2D eigenvalue weighted by atomic mass is 9.70. The van der Waals surface area contributed by atoms with Gasteiger partial charge in [0.15, 0.2) is 11.5 Å². The number of carbonyl (C=O) groups is 2. The van der Waals surface area contributed by atoms with Crippen LogP contribution in [0.15, 0.2) is 66.4 Å². The Morgan fingerprint density at radius 1 is 1.06 bits per heavy atom. The zero-order valence-corrected chi connectivity index (χ0v) is 18.2. The van der Waals surface area contributed by atoms with Gasteiger partial charge in [-0.2, -0.15) is 0 Å². The lowest BCUT2D eigenvalue weighted by Crippen LogP contribution is -2.34. The van der Waals surface area contributed by atoms with Crippen molar-refractivity contribution in [2.75, 3.05) is 11.9 Å². The number of benzene rings is 3. The third kappa shape index (κ3) is 3.44. The minimum absolute atomic E-state index is 0.165. The van der Waals surface area contributed by atoms with Crippen LogP contribution in [0.3, 0.4) is 0 Å². The lowest BCUT2D eigenvalue weighted by Gasteiger charge is -2.38. The molecule has 32 heavy (non-hydrogen) atoms. The number of ketones is 1. The minimum atomic E-state index is -0.399. The van der Waals surface area contributed by atoms with Crippen molar-refractivity contribution < 1.29 is 19.1 Å². The molecule has 0 amide bonds. The first-order valence-electron chi connectivity index (χ1n) is 11.0. The number of Topliss-reactive ketones (excluding diaryl/α,β-unsaturated/α-hetero) is 1. The van der Waals surface area contributed by atoms with Crippen LogP contribution in [-0.2, 0) is 9.59 Å². The normalized spacial score (nSPS) is 19.4. The lowest BCUT2D eigenvalue weighted by molar-refractivity contribution is -0.132. The standard InChI is InChI=1S/C27H25NO4/c1-3-31-24-15-18(12-14-23(24)32-16(2)29)25-26-19-8-5-4-7-17(19)11-13-21(26)28-20-9-6-10-22(30)27(20)25/h4-5,7-9,11-15,25,27-28H,3,6,10H2,1-2H3/t25-,27+/m0/s1. The highest BCUT2D eigenvalue weighted by molar-refractivity contribution is 5.96. The number of hydrogen-bond donors (Lipinski definition) is 1. The van der Waals surface area contributed by atoms with E-state index in [4.69, 9.17) is 9.47 Å². The van der Waals surface area contributed by atoms with E-state index >= 15 is 0 Å². The van der Waals surface area contributed by atoms with Gasteiger partial charge in [-0.1, -0.05) is 42.5 Å². The van der Waals surface area contributed by atoms with Gasteiger partial charge < -0.3 is 14.8 Å². The SMILES string of the molecule is CCOc1cc([C@H]2c3c(ccc4ccccc34)NC3=CCCC(=O)[C@@H]32)ccc1OC(C)=O. The van der Waals surface area contributed by atoms with Crippen LogP contribution < -0.4 is 14.8 Å². The molecule has 0 fully saturated rings. The number of anilines is 1.